The molecule has 3 rings (SSSR count). The average molecular weight is 416 g/mol. The molecule has 1 N–H and O–H groups in total. The van der Waals surface area contributed by atoms with Crippen molar-refractivity contribution in [2.45, 2.75) is 53.3 Å². The minimum Gasteiger partial charge on any atom is -0.471 e. The predicted molar refractivity (Wildman–Crippen MR) is 113 cm³/mol. The Labute approximate surface area is 175 Å². The number of aryl methyl sites for hydroxylation is 2. The van der Waals surface area contributed by atoms with E-state index in [1.54, 1.807) is 21.8 Å². The van der Waals surface area contributed by atoms with Crippen molar-refractivity contribution in [3.8, 4) is 5.75 Å². The van der Waals surface area contributed by atoms with Crippen molar-refractivity contribution in [1.82, 2.24) is 19.6 Å². The van der Waals surface area contributed by atoms with Gasteiger partial charge in [0, 0.05) is 0 Å². The molecule has 0 aliphatic carbocycles. The van der Waals surface area contributed by atoms with Crippen LogP contribution in [0.5, 0.6) is 5.75 Å². The number of halogens is 1. The first kappa shape index (κ1) is 20.9. The minimum atomic E-state index is -0.446. The normalized spacial score (nSPS) is 12.0. The molecule has 1 unspecified atom stereocenters. The first-order valence-electron chi connectivity index (χ1n) is 9.69. The molecule has 0 saturated carbocycles. The Bertz CT molecular complexity index is 978. The van der Waals surface area contributed by atoms with Crippen LogP contribution >= 0.6 is 11.6 Å². The summed E-state index contributed by atoms with van der Waals surface area (Å²) in [5.74, 6) is 0.612. The van der Waals surface area contributed by atoms with Crippen LogP contribution in [0.4, 0.5) is 5.69 Å². The van der Waals surface area contributed by atoms with E-state index in [9.17, 15) is 4.79 Å². The molecule has 2 heterocycles. The maximum Gasteiger partial charge on any atom is 0.249 e. The minimum absolute atomic E-state index is 0.162. The van der Waals surface area contributed by atoms with Gasteiger partial charge in [-0.2, -0.15) is 10.2 Å². The van der Waals surface area contributed by atoms with E-state index in [2.05, 4.69) is 22.4 Å². The Morgan fingerprint density at radius 2 is 1.97 bits per heavy atom. The fourth-order valence-electron chi connectivity index (χ4n) is 3.10. The van der Waals surface area contributed by atoms with E-state index in [1.807, 2.05) is 45.0 Å². The summed E-state index contributed by atoms with van der Waals surface area (Å²) in [5, 5.41) is 12.1. The quantitative estimate of drug-likeness (QED) is 0.586. The lowest BCUT2D eigenvalue weighted by atomic mass is 10.2. The number of rotatable bonds is 8. The monoisotopic (exact) mass is 415 g/mol. The number of carbonyl (C=O) groups excluding carboxylic acids is 1. The molecule has 0 aliphatic heterocycles. The lowest BCUT2D eigenvalue weighted by Crippen LogP contribution is -2.27. The largest absolute Gasteiger partial charge is 0.471 e. The molecule has 0 fully saturated rings. The van der Waals surface area contributed by atoms with Gasteiger partial charge in [0.05, 0.1) is 34.5 Å². The summed E-state index contributed by atoms with van der Waals surface area (Å²) in [6.07, 6.45) is 4.92. The summed E-state index contributed by atoms with van der Waals surface area (Å²) in [6.45, 7) is 8.00. The second kappa shape index (κ2) is 9.13. The van der Waals surface area contributed by atoms with Crippen LogP contribution in [0.1, 0.15) is 43.3 Å². The van der Waals surface area contributed by atoms with Gasteiger partial charge < -0.3 is 10.1 Å². The number of aromatic nitrogens is 4. The van der Waals surface area contributed by atoms with Crippen LogP contribution in [-0.2, 0) is 17.9 Å². The van der Waals surface area contributed by atoms with Gasteiger partial charge in [0.25, 0.3) is 0 Å². The summed E-state index contributed by atoms with van der Waals surface area (Å²) >= 11 is 6.23. The van der Waals surface area contributed by atoms with Crippen LogP contribution in [-0.4, -0.2) is 25.5 Å². The third-order valence-electron chi connectivity index (χ3n) is 4.82. The molecule has 29 heavy (non-hydrogen) atoms. The number of hydrogen-bond acceptors (Lipinski definition) is 4. The van der Waals surface area contributed by atoms with Crippen molar-refractivity contribution in [3.63, 3.8) is 0 Å². The number of ether oxygens (including phenoxy) is 1. The summed E-state index contributed by atoms with van der Waals surface area (Å²) in [7, 11) is 0. The molecule has 154 valence electrons. The first-order valence-corrected chi connectivity index (χ1v) is 10.1. The topological polar surface area (TPSA) is 74.0 Å². The van der Waals surface area contributed by atoms with Gasteiger partial charge in [-0.3, -0.25) is 9.48 Å². The molecule has 7 nitrogen and oxygen atoms in total. The lowest BCUT2D eigenvalue weighted by Gasteiger charge is -2.16. The highest BCUT2D eigenvalue weighted by atomic mass is 35.5. The number of hydrogen-bond donors (Lipinski definition) is 1. The molecule has 0 aliphatic rings. The predicted octanol–water partition coefficient (Wildman–Crippen LogP) is 4.54. The number of carbonyl (C=O) groups is 1. The van der Waals surface area contributed by atoms with Crippen LogP contribution in [0, 0.1) is 13.8 Å². The van der Waals surface area contributed by atoms with Gasteiger partial charge in [0.2, 0.25) is 5.91 Å². The van der Waals surface area contributed by atoms with Gasteiger partial charge in [-0.15, -0.1) is 0 Å². The van der Waals surface area contributed by atoms with E-state index < -0.39 is 6.04 Å². The summed E-state index contributed by atoms with van der Waals surface area (Å²) in [5.41, 5.74) is 3.36. The molecule has 0 spiro atoms. The molecule has 1 aromatic carbocycles. The molecule has 2 aromatic heterocycles. The molecule has 1 atom stereocenters. The molecule has 0 saturated heterocycles. The van der Waals surface area contributed by atoms with Crippen LogP contribution in [0.15, 0.2) is 36.7 Å². The zero-order chi connectivity index (χ0) is 21.0. The number of anilines is 1. The maximum atomic E-state index is 12.8. The Morgan fingerprint density at radius 1 is 1.24 bits per heavy atom. The Morgan fingerprint density at radius 3 is 2.55 bits per heavy atom. The van der Waals surface area contributed by atoms with Gasteiger partial charge in [-0.05, 0) is 44.4 Å². The van der Waals surface area contributed by atoms with Crippen molar-refractivity contribution in [2.24, 2.45) is 0 Å². The van der Waals surface area contributed by atoms with E-state index in [1.165, 1.54) is 5.56 Å². The average Bonchev–Trinajstić information content (AvgIpc) is 3.27. The lowest BCUT2D eigenvalue weighted by molar-refractivity contribution is -0.119. The van der Waals surface area contributed by atoms with Gasteiger partial charge in [0.1, 0.15) is 11.8 Å². The third kappa shape index (κ3) is 4.79. The number of nitrogens with zero attached hydrogens (tertiary/aromatic N) is 4. The Kier molecular flexibility index (Phi) is 6.59. The number of amides is 1. The number of nitrogens with one attached hydrogen (secondary N) is 1. The third-order valence-corrected chi connectivity index (χ3v) is 5.36. The van der Waals surface area contributed by atoms with Crippen LogP contribution in [0.25, 0.3) is 0 Å². The number of benzene rings is 1. The summed E-state index contributed by atoms with van der Waals surface area (Å²) in [4.78, 5) is 12.8. The van der Waals surface area contributed by atoms with Crippen molar-refractivity contribution in [2.75, 3.05) is 5.32 Å². The Hall–Kier alpha value is -2.80. The SMILES string of the molecule is CCc1ccc(OCn2cc(NC(=O)C(CC)n3nc(C)c(Cl)c3C)cn2)cc1. The van der Waals surface area contributed by atoms with Crippen LogP contribution in [0.3, 0.4) is 0 Å². The molecule has 1 amide bonds. The summed E-state index contributed by atoms with van der Waals surface area (Å²) < 4.78 is 9.05. The molecule has 8 heteroatoms. The maximum absolute atomic E-state index is 12.8. The van der Waals surface area contributed by atoms with Crippen molar-refractivity contribution in [3.05, 3.63) is 58.6 Å². The molecular formula is C21H26ClN5O2. The molecular weight excluding hydrogens is 390 g/mol. The zero-order valence-corrected chi connectivity index (χ0v) is 17.9. The molecule has 0 radical (unpaired) electrons. The van der Waals surface area contributed by atoms with Crippen molar-refractivity contribution < 1.29 is 9.53 Å². The van der Waals surface area contributed by atoms with Gasteiger partial charge >= 0.3 is 0 Å². The second-order valence-corrected chi connectivity index (χ2v) is 7.26. The molecule has 3 aromatic rings. The van der Waals surface area contributed by atoms with Gasteiger partial charge in [-0.25, -0.2) is 4.68 Å². The highest BCUT2D eigenvalue weighted by Gasteiger charge is 2.23. The van der Waals surface area contributed by atoms with E-state index in [0.29, 0.717) is 22.8 Å². The fraction of sp³-hybridized carbons (Fsp3) is 0.381. The Balaban J connectivity index is 1.62. The van der Waals surface area contributed by atoms with E-state index in [4.69, 9.17) is 16.3 Å². The smallest absolute Gasteiger partial charge is 0.249 e. The summed E-state index contributed by atoms with van der Waals surface area (Å²) in [6, 6.07) is 7.52. The van der Waals surface area contributed by atoms with E-state index >= 15 is 0 Å². The van der Waals surface area contributed by atoms with Crippen LogP contribution < -0.4 is 10.1 Å². The van der Waals surface area contributed by atoms with E-state index in [0.717, 1.165) is 17.9 Å². The standard InChI is InChI=1S/C21H26ClN5O2/c1-5-16-7-9-18(10-8-16)29-13-26-12-17(11-23-26)24-21(28)19(6-2)27-15(4)20(22)14(3)25-27/h7-12,19H,5-6,13H2,1-4H3,(H,24,28). The van der Waals surface area contributed by atoms with Crippen LogP contribution in [0.2, 0.25) is 5.02 Å². The molecule has 0 bridgehead atoms. The highest BCUT2D eigenvalue weighted by molar-refractivity contribution is 6.31. The van der Waals surface area contributed by atoms with Crippen molar-refractivity contribution >= 4 is 23.2 Å². The zero-order valence-electron chi connectivity index (χ0n) is 17.1. The fourth-order valence-corrected chi connectivity index (χ4v) is 3.23. The van der Waals surface area contributed by atoms with E-state index in [-0.39, 0.29) is 12.6 Å². The van der Waals surface area contributed by atoms with Crippen molar-refractivity contribution in [1.29, 1.82) is 0 Å². The first-order chi connectivity index (χ1) is 13.9. The van der Waals surface area contributed by atoms with Gasteiger partial charge in [0.15, 0.2) is 6.73 Å². The van der Waals surface area contributed by atoms with Gasteiger partial charge in [-0.1, -0.05) is 37.6 Å². The second-order valence-electron chi connectivity index (χ2n) is 6.88. The highest BCUT2D eigenvalue weighted by Crippen LogP contribution is 2.24.